The van der Waals surface area contributed by atoms with Crippen LogP contribution in [0.4, 0.5) is 4.79 Å². The minimum atomic E-state index is -1.02. The molecule has 0 saturated carbocycles. The van der Waals surface area contributed by atoms with Gasteiger partial charge in [-0.15, -0.1) is 0 Å². The zero-order chi connectivity index (χ0) is 22.9. The average Bonchev–Trinajstić information content (AvgIpc) is 3.17. The lowest BCUT2D eigenvalue weighted by molar-refractivity contribution is -0.145. The summed E-state index contributed by atoms with van der Waals surface area (Å²) in [7, 11) is 0. The van der Waals surface area contributed by atoms with Crippen LogP contribution >= 0.6 is 0 Å². The molecule has 2 aromatic carbocycles. The van der Waals surface area contributed by atoms with Crippen LogP contribution in [0.1, 0.15) is 30.4 Å². The molecule has 0 fully saturated rings. The monoisotopic (exact) mass is 438 g/mol. The lowest BCUT2D eigenvalue weighted by atomic mass is 10.2. The van der Waals surface area contributed by atoms with Gasteiger partial charge in [0.2, 0.25) is 5.89 Å². The molecule has 8 nitrogen and oxygen atoms in total. The van der Waals surface area contributed by atoms with E-state index in [2.05, 4.69) is 10.3 Å². The highest BCUT2D eigenvalue weighted by molar-refractivity contribution is 5.72. The number of oxazole rings is 1. The highest BCUT2D eigenvalue weighted by Crippen LogP contribution is 2.21. The van der Waals surface area contributed by atoms with E-state index in [-0.39, 0.29) is 13.2 Å². The van der Waals surface area contributed by atoms with Crippen LogP contribution in [-0.4, -0.2) is 34.9 Å². The first kappa shape index (κ1) is 22.9. The molecule has 32 heavy (non-hydrogen) atoms. The molecule has 0 aliphatic carbocycles. The molecule has 1 aromatic heterocycles. The number of aromatic nitrogens is 1. The first-order valence-corrected chi connectivity index (χ1v) is 10.4. The predicted octanol–water partition coefficient (Wildman–Crippen LogP) is 4.36. The number of hydrogen-bond acceptors (Lipinski definition) is 6. The first-order chi connectivity index (χ1) is 15.5. The zero-order valence-corrected chi connectivity index (χ0v) is 18.0. The van der Waals surface area contributed by atoms with Gasteiger partial charge in [0.05, 0.1) is 12.3 Å². The molecule has 0 radical (unpaired) electrons. The highest BCUT2D eigenvalue weighted by Gasteiger charge is 2.17. The Morgan fingerprint density at radius 1 is 1.16 bits per heavy atom. The maximum atomic E-state index is 12.0. The number of nitrogens with one attached hydrogen (secondary N) is 1. The number of hydrogen-bond donors (Lipinski definition) is 2. The van der Waals surface area contributed by atoms with Gasteiger partial charge in [-0.25, -0.2) is 14.6 Å². The number of rotatable bonds is 10. The summed E-state index contributed by atoms with van der Waals surface area (Å²) in [5.74, 6) is 0.648. The normalized spacial score (nSPS) is 11.6. The number of carboxylic acids is 1. The number of alkyl carbamates (subject to hydrolysis) is 1. The van der Waals surface area contributed by atoms with Crippen molar-refractivity contribution in [2.24, 2.45) is 0 Å². The molecule has 0 aliphatic heterocycles. The van der Waals surface area contributed by atoms with Crippen molar-refractivity contribution < 1.29 is 28.6 Å². The van der Waals surface area contributed by atoms with Gasteiger partial charge in [-0.2, -0.15) is 0 Å². The second-order valence-electron chi connectivity index (χ2n) is 7.13. The number of nitrogens with zero attached hydrogens (tertiary/aromatic N) is 1. The Morgan fingerprint density at radius 2 is 1.94 bits per heavy atom. The summed E-state index contributed by atoms with van der Waals surface area (Å²) < 4.78 is 16.4. The van der Waals surface area contributed by atoms with Crippen LogP contribution in [0.15, 0.2) is 59.0 Å². The lowest BCUT2D eigenvalue weighted by Gasteiger charge is -2.14. The summed E-state index contributed by atoms with van der Waals surface area (Å²) in [4.78, 5) is 27.6. The summed E-state index contributed by atoms with van der Waals surface area (Å²) in [6.45, 7) is 3.95. The van der Waals surface area contributed by atoms with E-state index >= 15 is 0 Å². The van der Waals surface area contributed by atoms with Gasteiger partial charge >= 0.3 is 12.1 Å². The van der Waals surface area contributed by atoms with Crippen molar-refractivity contribution in [3.05, 3.63) is 71.6 Å². The molecular formula is C24H26N2O6. The molecule has 3 aromatic rings. The second-order valence-corrected chi connectivity index (χ2v) is 7.13. The summed E-state index contributed by atoms with van der Waals surface area (Å²) >= 11 is 0. The molecule has 0 aliphatic rings. The van der Waals surface area contributed by atoms with Crippen LogP contribution in [0.3, 0.4) is 0 Å². The second kappa shape index (κ2) is 11.0. The summed E-state index contributed by atoms with van der Waals surface area (Å²) in [5, 5.41) is 11.8. The standard InChI is InChI=1S/C24H26N2O6/c1-3-21(23(27)28)32-19-11-7-8-17(14-19)15-25-24(29)30-13-12-20-16(2)31-22(26-20)18-9-5-4-6-10-18/h4-11,14,21H,3,12-13,15H2,1-2H3,(H,25,29)(H,27,28). The van der Waals surface area contributed by atoms with Gasteiger partial charge in [0, 0.05) is 18.5 Å². The summed E-state index contributed by atoms with van der Waals surface area (Å²) in [6.07, 6.45) is -0.683. The van der Waals surface area contributed by atoms with Crippen LogP contribution in [0.2, 0.25) is 0 Å². The molecule has 1 heterocycles. The summed E-state index contributed by atoms with van der Waals surface area (Å²) in [6, 6.07) is 16.5. The molecular weight excluding hydrogens is 412 g/mol. The fourth-order valence-electron chi connectivity index (χ4n) is 3.03. The van der Waals surface area contributed by atoms with Gasteiger partial charge in [0.25, 0.3) is 0 Å². The van der Waals surface area contributed by atoms with Gasteiger partial charge in [0.15, 0.2) is 6.10 Å². The molecule has 8 heteroatoms. The largest absolute Gasteiger partial charge is 0.479 e. The number of aryl methyl sites for hydroxylation is 1. The minimum Gasteiger partial charge on any atom is -0.479 e. The van der Waals surface area contributed by atoms with E-state index in [0.29, 0.717) is 30.2 Å². The van der Waals surface area contributed by atoms with Gasteiger partial charge in [-0.05, 0) is 43.2 Å². The third-order valence-electron chi connectivity index (χ3n) is 4.75. The van der Waals surface area contributed by atoms with E-state index in [9.17, 15) is 9.59 Å². The Balaban J connectivity index is 1.46. The van der Waals surface area contributed by atoms with Crippen molar-refractivity contribution in [1.29, 1.82) is 0 Å². The molecule has 0 saturated heterocycles. The Bertz CT molecular complexity index is 1050. The molecule has 1 amide bonds. The van der Waals surface area contributed by atoms with Crippen molar-refractivity contribution in [1.82, 2.24) is 10.3 Å². The topological polar surface area (TPSA) is 111 Å². The quantitative estimate of drug-likeness (QED) is 0.484. The summed E-state index contributed by atoms with van der Waals surface area (Å²) in [5.41, 5.74) is 2.39. The Morgan fingerprint density at radius 3 is 2.66 bits per heavy atom. The molecule has 168 valence electrons. The number of carbonyl (C=O) groups excluding carboxylic acids is 1. The van der Waals surface area contributed by atoms with Crippen molar-refractivity contribution in [2.45, 2.75) is 39.3 Å². The number of ether oxygens (including phenoxy) is 2. The lowest BCUT2D eigenvalue weighted by Crippen LogP contribution is -2.26. The Hall–Kier alpha value is -3.81. The molecule has 0 spiro atoms. The van der Waals surface area contributed by atoms with Crippen LogP contribution in [0, 0.1) is 6.92 Å². The SMILES string of the molecule is CCC(Oc1cccc(CNC(=O)OCCc2nc(-c3ccccc3)oc2C)c1)C(=O)O. The molecule has 0 bridgehead atoms. The maximum absolute atomic E-state index is 12.0. The zero-order valence-electron chi connectivity index (χ0n) is 18.0. The molecule has 1 atom stereocenters. The third-order valence-corrected chi connectivity index (χ3v) is 4.75. The van der Waals surface area contributed by atoms with Crippen LogP contribution in [0.25, 0.3) is 11.5 Å². The number of benzene rings is 2. The predicted molar refractivity (Wildman–Crippen MR) is 117 cm³/mol. The van der Waals surface area contributed by atoms with Crippen molar-refractivity contribution in [3.63, 3.8) is 0 Å². The third kappa shape index (κ3) is 6.34. The van der Waals surface area contributed by atoms with E-state index in [0.717, 1.165) is 16.8 Å². The number of carboxylic acid groups (broad SMARTS) is 1. The Labute approximate surface area is 186 Å². The van der Waals surface area contributed by atoms with E-state index in [4.69, 9.17) is 19.0 Å². The number of carbonyl (C=O) groups is 2. The number of amides is 1. The van der Waals surface area contributed by atoms with E-state index in [1.807, 2.05) is 37.3 Å². The van der Waals surface area contributed by atoms with Crippen LogP contribution in [0.5, 0.6) is 5.75 Å². The average molecular weight is 438 g/mol. The highest BCUT2D eigenvalue weighted by atomic mass is 16.5. The van der Waals surface area contributed by atoms with E-state index < -0.39 is 18.2 Å². The van der Waals surface area contributed by atoms with Gasteiger partial charge in [0.1, 0.15) is 11.5 Å². The van der Waals surface area contributed by atoms with Gasteiger partial charge < -0.3 is 24.3 Å². The van der Waals surface area contributed by atoms with Crippen molar-refractivity contribution in [3.8, 4) is 17.2 Å². The minimum absolute atomic E-state index is 0.160. The van der Waals surface area contributed by atoms with Crippen LogP contribution in [-0.2, 0) is 22.5 Å². The fraction of sp³-hybridized carbons (Fsp3) is 0.292. The van der Waals surface area contributed by atoms with Crippen LogP contribution < -0.4 is 10.1 Å². The molecule has 1 unspecified atom stereocenters. The fourth-order valence-corrected chi connectivity index (χ4v) is 3.03. The molecule has 2 N–H and O–H groups in total. The number of aliphatic carboxylic acids is 1. The maximum Gasteiger partial charge on any atom is 0.407 e. The van der Waals surface area contributed by atoms with E-state index in [1.165, 1.54) is 0 Å². The smallest absolute Gasteiger partial charge is 0.407 e. The van der Waals surface area contributed by atoms with Crippen molar-refractivity contribution in [2.75, 3.05) is 6.61 Å². The van der Waals surface area contributed by atoms with Crippen molar-refractivity contribution >= 4 is 12.1 Å². The Kier molecular flexibility index (Phi) is 7.85. The van der Waals surface area contributed by atoms with Gasteiger partial charge in [-0.1, -0.05) is 37.3 Å². The van der Waals surface area contributed by atoms with E-state index in [1.54, 1.807) is 31.2 Å². The van der Waals surface area contributed by atoms with Gasteiger partial charge in [-0.3, -0.25) is 0 Å². The molecule has 3 rings (SSSR count). The first-order valence-electron chi connectivity index (χ1n) is 10.4.